The summed E-state index contributed by atoms with van der Waals surface area (Å²) < 4.78 is 0. The highest BCUT2D eigenvalue weighted by Gasteiger charge is 2.20. The zero-order valence-electron chi connectivity index (χ0n) is 10.3. The predicted octanol–water partition coefficient (Wildman–Crippen LogP) is 2.43. The summed E-state index contributed by atoms with van der Waals surface area (Å²) >= 11 is 0. The van der Waals surface area contributed by atoms with Crippen molar-refractivity contribution in [3.05, 3.63) is 33.9 Å². The molecule has 0 spiro atoms. The molecule has 0 aliphatic heterocycles. The molecule has 0 aliphatic carbocycles. The van der Waals surface area contributed by atoms with E-state index in [1.54, 1.807) is 25.1 Å². The molecule has 0 fully saturated rings. The van der Waals surface area contributed by atoms with Crippen LogP contribution in [0.25, 0.3) is 0 Å². The summed E-state index contributed by atoms with van der Waals surface area (Å²) in [6.45, 7) is 3.52. The maximum atomic E-state index is 11.1. The van der Waals surface area contributed by atoms with Gasteiger partial charge in [-0.25, -0.2) is 0 Å². The van der Waals surface area contributed by atoms with Crippen molar-refractivity contribution >= 4 is 17.3 Å². The second kappa shape index (κ2) is 6.00. The van der Waals surface area contributed by atoms with E-state index in [0.29, 0.717) is 17.7 Å². The van der Waals surface area contributed by atoms with E-state index in [-0.39, 0.29) is 18.2 Å². The van der Waals surface area contributed by atoms with Gasteiger partial charge in [0.25, 0.3) is 5.69 Å². The highest BCUT2D eigenvalue weighted by atomic mass is 16.6. The number of nitro benzene ring substituents is 1. The molecule has 0 saturated carbocycles. The van der Waals surface area contributed by atoms with Crippen molar-refractivity contribution in [3.63, 3.8) is 0 Å². The number of para-hydroxylation sites is 1. The molecule has 0 saturated heterocycles. The quantitative estimate of drug-likeness (QED) is 0.599. The number of benzene rings is 1. The van der Waals surface area contributed by atoms with E-state index in [0.717, 1.165) is 0 Å². The van der Waals surface area contributed by atoms with Gasteiger partial charge < -0.3 is 10.4 Å². The number of anilines is 1. The molecule has 1 atom stereocenters. The first-order valence-corrected chi connectivity index (χ1v) is 5.70. The number of carboxylic acids is 1. The minimum Gasteiger partial charge on any atom is -0.481 e. The van der Waals surface area contributed by atoms with Crippen molar-refractivity contribution in [2.24, 2.45) is 0 Å². The summed E-state index contributed by atoms with van der Waals surface area (Å²) in [5.74, 6) is -0.940. The van der Waals surface area contributed by atoms with E-state index in [1.165, 1.54) is 0 Å². The van der Waals surface area contributed by atoms with Crippen molar-refractivity contribution in [2.45, 2.75) is 32.7 Å². The number of aryl methyl sites for hydroxylation is 1. The molecule has 1 aromatic rings. The topological polar surface area (TPSA) is 92.5 Å². The third-order valence-electron chi connectivity index (χ3n) is 2.57. The molecule has 0 radical (unpaired) electrons. The summed E-state index contributed by atoms with van der Waals surface area (Å²) in [6.07, 6.45) is 0.465. The van der Waals surface area contributed by atoms with E-state index >= 15 is 0 Å². The van der Waals surface area contributed by atoms with E-state index in [4.69, 9.17) is 5.11 Å². The van der Waals surface area contributed by atoms with Gasteiger partial charge in [-0.15, -0.1) is 0 Å². The third-order valence-corrected chi connectivity index (χ3v) is 2.57. The number of nitrogens with zero attached hydrogens (tertiary/aromatic N) is 1. The van der Waals surface area contributed by atoms with Crippen molar-refractivity contribution in [1.82, 2.24) is 0 Å². The van der Waals surface area contributed by atoms with Gasteiger partial charge in [-0.2, -0.15) is 0 Å². The standard InChI is InChI=1S/C12H16N2O4/c1-3-9-5-4-6-10(12(9)14(17)18)13-8(2)7-11(15)16/h4-6,8,13H,3,7H2,1-2H3,(H,15,16)/t8-/m1/s1. The Hall–Kier alpha value is -2.11. The molecule has 0 aromatic heterocycles. The Bertz CT molecular complexity index is 459. The van der Waals surface area contributed by atoms with Gasteiger partial charge in [-0.1, -0.05) is 19.1 Å². The van der Waals surface area contributed by atoms with Crippen molar-refractivity contribution in [1.29, 1.82) is 0 Å². The summed E-state index contributed by atoms with van der Waals surface area (Å²) in [5.41, 5.74) is 1.03. The van der Waals surface area contributed by atoms with Gasteiger partial charge in [0.05, 0.1) is 11.3 Å². The third kappa shape index (κ3) is 3.44. The first-order valence-electron chi connectivity index (χ1n) is 5.70. The lowest BCUT2D eigenvalue weighted by atomic mass is 10.1. The molecule has 2 N–H and O–H groups in total. The summed E-state index contributed by atoms with van der Waals surface area (Å²) in [5, 5.41) is 22.6. The molecule has 0 bridgehead atoms. The second-order valence-electron chi connectivity index (χ2n) is 4.07. The number of carbonyl (C=O) groups is 1. The molecule has 18 heavy (non-hydrogen) atoms. The summed E-state index contributed by atoms with van der Waals surface area (Å²) in [6, 6.07) is 4.65. The smallest absolute Gasteiger partial charge is 0.305 e. The molecule has 0 unspecified atom stereocenters. The van der Waals surface area contributed by atoms with Crippen LogP contribution in [0, 0.1) is 10.1 Å². The Morgan fingerprint density at radius 1 is 1.56 bits per heavy atom. The highest BCUT2D eigenvalue weighted by Crippen LogP contribution is 2.29. The number of rotatable bonds is 6. The normalized spacial score (nSPS) is 11.9. The van der Waals surface area contributed by atoms with E-state index in [2.05, 4.69) is 5.32 Å². The van der Waals surface area contributed by atoms with Crippen LogP contribution in [0.5, 0.6) is 0 Å². The van der Waals surface area contributed by atoms with E-state index in [9.17, 15) is 14.9 Å². The number of hydrogen-bond acceptors (Lipinski definition) is 4. The minimum atomic E-state index is -0.940. The number of hydrogen-bond donors (Lipinski definition) is 2. The first kappa shape index (κ1) is 14.0. The van der Waals surface area contributed by atoms with Crippen molar-refractivity contribution < 1.29 is 14.8 Å². The average Bonchev–Trinajstić information content (AvgIpc) is 2.26. The Morgan fingerprint density at radius 3 is 2.72 bits per heavy atom. The van der Waals surface area contributed by atoms with Crippen LogP contribution in [0.3, 0.4) is 0 Å². The lowest BCUT2D eigenvalue weighted by Crippen LogP contribution is -2.20. The highest BCUT2D eigenvalue weighted by molar-refractivity contribution is 5.70. The Balaban J connectivity index is 3.01. The second-order valence-corrected chi connectivity index (χ2v) is 4.07. The molecule has 0 aliphatic rings. The van der Waals surface area contributed by atoms with Crippen molar-refractivity contribution in [2.75, 3.05) is 5.32 Å². The van der Waals surface area contributed by atoms with E-state index in [1.807, 2.05) is 6.92 Å². The lowest BCUT2D eigenvalue weighted by Gasteiger charge is -2.14. The molecule has 6 nitrogen and oxygen atoms in total. The lowest BCUT2D eigenvalue weighted by molar-refractivity contribution is -0.384. The molecular weight excluding hydrogens is 236 g/mol. The minimum absolute atomic E-state index is 0.0252. The summed E-state index contributed by atoms with van der Waals surface area (Å²) in [7, 11) is 0. The zero-order chi connectivity index (χ0) is 13.7. The van der Waals surface area contributed by atoms with Crippen LogP contribution in [0.4, 0.5) is 11.4 Å². The molecule has 6 heteroatoms. The number of carboxylic acid groups (broad SMARTS) is 1. The van der Waals surface area contributed by atoms with Gasteiger partial charge in [0.1, 0.15) is 5.69 Å². The largest absolute Gasteiger partial charge is 0.481 e. The monoisotopic (exact) mass is 252 g/mol. The molecule has 0 amide bonds. The van der Waals surface area contributed by atoms with Gasteiger partial charge in [0, 0.05) is 11.6 Å². The van der Waals surface area contributed by atoms with E-state index < -0.39 is 10.9 Å². The molecule has 0 heterocycles. The fourth-order valence-electron chi connectivity index (χ4n) is 1.79. The predicted molar refractivity (Wildman–Crippen MR) is 67.8 cm³/mol. The van der Waals surface area contributed by atoms with Gasteiger partial charge in [-0.3, -0.25) is 14.9 Å². The van der Waals surface area contributed by atoms with Crippen LogP contribution in [-0.2, 0) is 11.2 Å². The average molecular weight is 252 g/mol. The maximum absolute atomic E-state index is 11.1. The SMILES string of the molecule is CCc1cccc(N[C@H](C)CC(=O)O)c1[N+](=O)[O-]. The van der Waals surface area contributed by atoms with Gasteiger partial charge in [-0.05, 0) is 19.4 Å². The van der Waals surface area contributed by atoms with Crippen LogP contribution < -0.4 is 5.32 Å². The Morgan fingerprint density at radius 2 is 2.22 bits per heavy atom. The summed E-state index contributed by atoms with van der Waals surface area (Å²) in [4.78, 5) is 21.2. The Kier molecular flexibility index (Phi) is 4.65. The van der Waals surface area contributed by atoms with Crippen molar-refractivity contribution in [3.8, 4) is 0 Å². The molecule has 1 rings (SSSR count). The molecule has 98 valence electrons. The molecular formula is C12H16N2O4. The number of nitrogens with one attached hydrogen (secondary N) is 1. The fraction of sp³-hybridized carbons (Fsp3) is 0.417. The number of nitro groups is 1. The van der Waals surface area contributed by atoms with Crippen LogP contribution in [-0.4, -0.2) is 22.0 Å². The maximum Gasteiger partial charge on any atom is 0.305 e. The van der Waals surface area contributed by atoms with Crippen LogP contribution >= 0.6 is 0 Å². The van der Waals surface area contributed by atoms with Gasteiger partial charge in [0.2, 0.25) is 0 Å². The van der Waals surface area contributed by atoms with Crippen LogP contribution in [0.2, 0.25) is 0 Å². The molecule has 1 aromatic carbocycles. The fourth-order valence-corrected chi connectivity index (χ4v) is 1.79. The first-order chi connectivity index (χ1) is 8.45. The number of aliphatic carboxylic acids is 1. The zero-order valence-corrected chi connectivity index (χ0v) is 10.3. The van der Waals surface area contributed by atoms with Crippen LogP contribution in [0.1, 0.15) is 25.8 Å². The van der Waals surface area contributed by atoms with Gasteiger partial charge in [0.15, 0.2) is 0 Å². The Labute approximate surface area is 105 Å². The van der Waals surface area contributed by atoms with Crippen LogP contribution in [0.15, 0.2) is 18.2 Å². The van der Waals surface area contributed by atoms with Gasteiger partial charge >= 0.3 is 5.97 Å².